The lowest BCUT2D eigenvalue weighted by atomic mass is 9.87. The molecule has 0 saturated heterocycles. The van der Waals surface area contributed by atoms with E-state index >= 15 is 0 Å². The van der Waals surface area contributed by atoms with Crippen LogP contribution in [0, 0.1) is 0 Å². The SMILES string of the molecule is CCN(CC)c1ccc(NC(=O)c2cccc(CSC(C)(C)CCOC(C)(C)CCC(=O)N(CCO)CCO)c2)c(-c2cc(C(=O)NC3CCCc4ccccc43)ccn2)c1. The van der Waals surface area contributed by atoms with Gasteiger partial charge in [0.1, 0.15) is 0 Å². The Morgan fingerprint density at radius 1 is 0.869 bits per heavy atom. The Hall–Kier alpha value is -4.75. The van der Waals surface area contributed by atoms with Gasteiger partial charge in [-0.2, -0.15) is 11.8 Å². The zero-order valence-electron chi connectivity index (χ0n) is 36.8. The summed E-state index contributed by atoms with van der Waals surface area (Å²) in [5.74, 6) is 0.200. The van der Waals surface area contributed by atoms with E-state index in [9.17, 15) is 24.6 Å². The lowest BCUT2D eigenvalue weighted by molar-refractivity contribution is -0.134. The second-order valence-electron chi connectivity index (χ2n) is 16.8. The van der Waals surface area contributed by atoms with E-state index in [1.807, 2.05) is 74.5 Å². The first-order chi connectivity index (χ1) is 29.3. The van der Waals surface area contributed by atoms with Crippen LogP contribution in [0.25, 0.3) is 11.3 Å². The smallest absolute Gasteiger partial charge is 0.255 e. The Morgan fingerprint density at radius 2 is 1.61 bits per heavy atom. The van der Waals surface area contributed by atoms with Crippen LogP contribution in [0.4, 0.5) is 11.4 Å². The number of aliphatic hydroxyl groups is 2. The largest absolute Gasteiger partial charge is 0.395 e. The molecule has 1 aliphatic rings. The number of benzene rings is 3. The molecule has 4 aromatic rings. The van der Waals surface area contributed by atoms with Crippen molar-refractivity contribution in [2.45, 2.75) is 102 Å². The molecule has 4 N–H and O–H groups in total. The molecule has 3 aromatic carbocycles. The number of rotatable bonds is 22. The summed E-state index contributed by atoms with van der Waals surface area (Å²) in [5, 5.41) is 25.0. The van der Waals surface area contributed by atoms with Crippen molar-refractivity contribution in [1.82, 2.24) is 15.2 Å². The minimum absolute atomic E-state index is 0.0500. The van der Waals surface area contributed by atoms with Crippen molar-refractivity contribution >= 4 is 40.9 Å². The number of hydrogen-bond acceptors (Lipinski definition) is 9. The van der Waals surface area contributed by atoms with E-state index in [0.717, 1.165) is 55.6 Å². The maximum Gasteiger partial charge on any atom is 0.255 e. The van der Waals surface area contributed by atoms with Crippen LogP contribution in [0.1, 0.15) is 117 Å². The van der Waals surface area contributed by atoms with Crippen molar-refractivity contribution in [2.75, 3.05) is 56.2 Å². The first-order valence-corrected chi connectivity index (χ1v) is 22.7. The van der Waals surface area contributed by atoms with Crippen LogP contribution in [0.15, 0.2) is 85.1 Å². The van der Waals surface area contributed by atoms with Gasteiger partial charge in [-0.1, -0.05) is 50.2 Å². The Kier molecular flexibility index (Phi) is 17.3. The third kappa shape index (κ3) is 13.6. The summed E-state index contributed by atoms with van der Waals surface area (Å²) in [6.07, 6.45) is 6.17. The van der Waals surface area contributed by atoms with Crippen molar-refractivity contribution in [3.05, 3.63) is 113 Å². The Labute approximate surface area is 366 Å². The standard InChI is InChI=1S/C49H65N5O6S/c1-7-53(8-2)39-19-20-43(41(33-39)44-32-38(22-25-50-44)47(59)51-42-18-12-15-36-14-9-10-17-40(36)42)52-46(58)37-16-11-13-35(31-37)34-61-49(5,6)24-30-60-48(3,4)23-21-45(57)54(26-28-55)27-29-56/h9-11,13-14,16-17,19-20,22,25,31-33,42,55-56H,7-8,12,15,18,21,23-24,26-30,34H2,1-6H3,(H,51,59)(H,52,58). The summed E-state index contributed by atoms with van der Waals surface area (Å²) in [4.78, 5) is 48.7. The molecule has 0 aliphatic heterocycles. The summed E-state index contributed by atoms with van der Waals surface area (Å²) in [6.45, 7) is 14.8. The van der Waals surface area contributed by atoms with Gasteiger partial charge in [0.05, 0.1) is 36.2 Å². The van der Waals surface area contributed by atoms with E-state index in [-0.39, 0.29) is 61.2 Å². The number of nitrogens with zero attached hydrogens (tertiary/aromatic N) is 3. The third-order valence-electron chi connectivity index (χ3n) is 11.4. The van der Waals surface area contributed by atoms with Crippen molar-refractivity contribution < 1.29 is 29.3 Å². The summed E-state index contributed by atoms with van der Waals surface area (Å²) < 4.78 is 6.13. The molecule has 61 heavy (non-hydrogen) atoms. The van der Waals surface area contributed by atoms with Crippen molar-refractivity contribution in [3.8, 4) is 11.3 Å². The summed E-state index contributed by atoms with van der Waals surface area (Å²) in [5.41, 5.74) is 6.95. The average Bonchev–Trinajstić information content (AvgIpc) is 3.25. The molecule has 1 aromatic heterocycles. The number of pyridine rings is 1. The first kappa shape index (κ1) is 47.3. The Bertz CT molecular complexity index is 2080. The number of hydrogen-bond donors (Lipinski definition) is 4. The first-order valence-electron chi connectivity index (χ1n) is 21.7. The number of aromatic nitrogens is 1. The predicted octanol–water partition coefficient (Wildman–Crippen LogP) is 8.45. The molecule has 11 nitrogen and oxygen atoms in total. The molecular weight excluding hydrogens is 787 g/mol. The van der Waals surface area contributed by atoms with Gasteiger partial charge >= 0.3 is 0 Å². The fraction of sp³-hybridized carbons (Fsp3) is 0.469. The molecule has 1 unspecified atom stereocenters. The molecule has 5 rings (SSSR count). The van der Waals surface area contributed by atoms with Gasteiger partial charge in [-0.25, -0.2) is 0 Å². The molecule has 1 heterocycles. The number of aliphatic hydroxyl groups excluding tert-OH is 2. The highest BCUT2D eigenvalue weighted by Crippen LogP contribution is 2.35. The van der Waals surface area contributed by atoms with E-state index in [1.54, 1.807) is 24.0 Å². The van der Waals surface area contributed by atoms with E-state index in [4.69, 9.17) is 9.72 Å². The number of carbonyl (C=O) groups is 3. The van der Waals surface area contributed by atoms with Crippen molar-refractivity contribution in [3.63, 3.8) is 0 Å². The second-order valence-corrected chi connectivity index (χ2v) is 18.5. The fourth-order valence-corrected chi connectivity index (χ4v) is 8.63. The van der Waals surface area contributed by atoms with Gasteiger partial charge in [-0.15, -0.1) is 0 Å². The van der Waals surface area contributed by atoms with Gasteiger partial charge in [-0.3, -0.25) is 19.4 Å². The highest BCUT2D eigenvalue weighted by Gasteiger charge is 2.26. The summed E-state index contributed by atoms with van der Waals surface area (Å²) in [7, 11) is 0. The van der Waals surface area contributed by atoms with Gasteiger partial charge in [0.15, 0.2) is 0 Å². The normalized spacial score (nSPS) is 13.9. The van der Waals surface area contributed by atoms with E-state index in [1.165, 1.54) is 16.0 Å². The van der Waals surface area contributed by atoms with Crippen molar-refractivity contribution in [2.24, 2.45) is 0 Å². The number of amides is 3. The zero-order valence-corrected chi connectivity index (χ0v) is 37.7. The number of aryl methyl sites for hydroxylation is 1. The molecule has 12 heteroatoms. The average molecular weight is 852 g/mol. The Morgan fingerprint density at radius 3 is 2.34 bits per heavy atom. The number of ether oxygens (including phenoxy) is 1. The van der Waals surface area contributed by atoms with Gasteiger partial charge < -0.3 is 35.4 Å². The molecule has 328 valence electrons. The Balaban J connectivity index is 1.23. The number of thioether (sulfide) groups is 1. The minimum Gasteiger partial charge on any atom is -0.395 e. The molecule has 0 spiro atoms. The maximum atomic E-state index is 13.9. The molecule has 0 bridgehead atoms. The summed E-state index contributed by atoms with van der Waals surface area (Å²) >= 11 is 1.79. The quantitative estimate of drug-likeness (QED) is 0.0613. The predicted molar refractivity (Wildman–Crippen MR) is 247 cm³/mol. The number of nitrogens with one attached hydrogen (secondary N) is 2. The van der Waals surface area contributed by atoms with Gasteiger partial charge in [0.25, 0.3) is 11.8 Å². The van der Waals surface area contributed by atoms with Crippen LogP contribution < -0.4 is 15.5 Å². The second kappa shape index (κ2) is 22.4. The van der Waals surface area contributed by atoms with Gasteiger partial charge in [0, 0.05) is 78.3 Å². The molecule has 3 amide bonds. The van der Waals surface area contributed by atoms with Crippen LogP contribution >= 0.6 is 11.8 Å². The van der Waals surface area contributed by atoms with Crippen LogP contribution in [-0.4, -0.2) is 94.2 Å². The molecule has 1 atom stereocenters. The van der Waals surface area contributed by atoms with Crippen molar-refractivity contribution in [1.29, 1.82) is 0 Å². The number of carbonyl (C=O) groups excluding carboxylic acids is 3. The molecule has 0 radical (unpaired) electrons. The number of anilines is 2. The van der Waals surface area contributed by atoms with Crippen LogP contribution in [0.5, 0.6) is 0 Å². The molecule has 0 saturated carbocycles. The highest BCUT2D eigenvalue weighted by molar-refractivity contribution is 7.99. The summed E-state index contributed by atoms with van der Waals surface area (Å²) in [6, 6.07) is 25.5. The number of fused-ring (bicyclic) bond motifs is 1. The third-order valence-corrected chi connectivity index (χ3v) is 12.9. The minimum atomic E-state index is -0.511. The maximum absolute atomic E-state index is 13.9. The lowest BCUT2D eigenvalue weighted by Crippen LogP contribution is -2.37. The lowest BCUT2D eigenvalue weighted by Gasteiger charge is -2.30. The zero-order chi connectivity index (χ0) is 44.0. The van der Waals surface area contributed by atoms with Crippen LogP contribution in [-0.2, 0) is 21.7 Å². The van der Waals surface area contributed by atoms with E-state index in [2.05, 4.69) is 55.4 Å². The molecule has 0 fully saturated rings. The van der Waals surface area contributed by atoms with E-state index in [0.29, 0.717) is 41.3 Å². The topological polar surface area (TPSA) is 144 Å². The van der Waals surface area contributed by atoms with E-state index < -0.39 is 5.60 Å². The molecular formula is C49H65N5O6S. The highest BCUT2D eigenvalue weighted by atomic mass is 32.2. The molecule has 1 aliphatic carbocycles. The van der Waals surface area contributed by atoms with Crippen LogP contribution in [0.2, 0.25) is 0 Å². The monoisotopic (exact) mass is 851 g/mol. The van der Waals surface area contributed by atoms with Crippen LogP contribution in [0.3, 0.4) is 0 Å². The van der Waals surface area contributed by atoms with Gasteiger partial charge in [0.2, 0.25) is 5.91 Å². The fourth-order valence-electron chi connectivity index (χ4n) is 7.66. The van der Waals surface area contributed by atoms with Gasteiger partial charge in [-0.05, 0) is 119 Å².